The van der Waals surface area contributed by atoms with Crippen LogP contribution in [0.15, 0.2) is 24.3 Å². The van der Waals surface area contributed by atoms with Crippen LogP contribution in [0.4, 0.5) is 5.69 Å². The van der Waals surface area contributed by atoms with Crippen LogP contribution in [-0.2, 0) is 4.79 Å². The summed E-state index contributed by atoms with van der Waals surface area (Å²) in [5.74, 6) is -0.230. The highest BCUT2D eigenvalue weighted by Crippen LogP contribution is 2.21. The summed E-state index contributed by atoms with van der Waals surface area (Å²) in [6.07, 6.45) is 0. The van der Waals surface area contributed by atoms with Gasteiger partial charge in [0.15, 0.2) is 0 Å². The maximum absolute atomic E-state index is 12.4. The van der Waals surface area contributed by atoms with E-state index >= 15 is 0 Å². The molecular weight excluding hydrogens is 228 g/mol. The first kappa shape index (κ1) is 14.5. The van der Waals surface area contributed by atoms with Crippen LogP contribution in [0.2, 0.25) is 0 Å². The molecule has 1 rings (SSSR count). The van der Waals surface area contributed by atoms with Gasteiger partial charge in [0.1, 0.15) is 0 Å². The highest BCUT2D eigenvalue weighted by Gasteiger charge is 2.23. The van der Waals surface area contributed by atoms with Gasteiger partial charge in [-0.1, -0.05) is 12.1 Å². The van der Waals surface area contributed by atoms with Gasteiger partial charge in [-0.2, -0.15) is 0 Å². The fraction of sp³-hybridized carbons (Fsp3) is 0.500. The lowest BCUT2D eigenvalue weighted by molar-refractivity contribution is -0.134. The van der Waals surface area contributed by atoms with Gasteiger partial charge < -0.3 is 15.7 Å². The Balaban J connectivity index is 2.88. The van der Waals surface area contributed by atoms with E-state index in [0.717, 1.165) is 5.56 Å². The molecule has 4 nitrogen and oxygen atoms in total. The fourth-order valence-corrected chi connectivity index (χ4v) is 1.95. The third-order valence-electron chi connectivity index (χ3n) is 3.03. The Labute approximate surface area is 108 Å². The molecule has 0 bridgehead atoms. The Kier molecular flexibility index (Phi) is 5.16. The molecule has 0 aliphatic heterocycles. The molecule has 0 saturated carbocycles. The minimum absolute atomic E-state index is 0.0182. The highest BCUT2D eigenvalue weighted by atomic mass is 16.3. The number of carbonyl (C=O) groups excluding carboxylic acids is 1. The van der Waals surface area contributed by atoms with Crippen molar-refractivity contribution in [3.05, 3.63) is 29.8 Å². The van der Waals surface area contributed by atoms with E-state index in [2.05, 4.69) is 0 Å². The monoisotopic (exact) mass is 250 g/mol. The van der Waals surface area contributed by atoms with E-state index in [1.54, 1.807) is 11.0 Å². The van der Waals surface area contributed by atoms with Gasteiger partial charge in [-0.05, 0) is 38.5 Å². The van der Waals surface area contributed by atoms with Crippen molar-refractivity contribution in [1.82, 2.24) is 4.90 Å². The van der Waals surface area contributed by atoms with E-state index in [4.69, 9.17) is 10.8 Å². The van der Waals surface area contributed by atoms with Crippen LogP contribution in [-0.4, -0.2) is 35.1 Å². The molecule has 0 heterocycles. The van der Waals surface area contributed by atoms with Gasteiger partial charge in [0.05, 0.1) is 12.5 Å². The topological polar surface area (TPSA) is 66.6 Å². The molecule has 0 aliphatic rings. The third-order valence-corrected chi connectivity index (χ3v) is 3.03. The smallest absolute Gasteiger partial charge is 0.230 e. The number of anilines is 1. The molecule has 18 heavy (non-hydrogen) atoms. The lowest BCUT2D eigenvalue weighted by Gasteiger charge is -2.29. The molecular formula is C14H22N2O2. The molecule has 1 aromatic rings. The molecule has 3 N–H and O–H groups in total. The van der Waals surface area contributed by atoms with Crippen molar-refractivity contribution in [3.63, 3.8) is 0 Å². The summed E-state index contributed by atoms with van der Waals surface area (Å²) in [6, 6.07) is 7.44. The van der Waals surface area contributed by atoms with Crippen molar-refractivity contribution in [2.75, 3.05) is 18.9 Å². The molecule has 1 unspecified atom stereocenters. The minimum atomic E-state index is -0.248. The summed E-state index contributed by atoms with van der Waals surface area (Å²) < 4.78 is 0. The number of amides is 1. The summed E-state index contributed by atoms with van der Waals surface area (Å²) in [6.45, 7) is 6.10. The maximum Gasteiger partial charge on any atom is 0.230 e. The van der Waals surface area contributed by atoms with Gasteiger partial charge in [-0.15, -0.1) is 0 Å². The Hall–Kier alpha value is -1.55. The van der Waals surface area contributed by atoms with Crippen molar-refractivity contribution in [1.29, 1.82) is 0 Å². The first-order valence-electron chi connectivity index (χ1n) is 6.24. The highest BCUT2D eigenvalue weighted by molar-refractivity contribution is 5.83. The number of nitrogens with two attached hydrogens (primary N) is 1. The number of carbonyl (C=O) groups is 1. The number of nitrogens with zero attached hydrogens (tertiary/aromatic N) is 1. The van der Waals surface area contributed by atoms with E-state index in [0.29, 0.717) is 12.2 Å². The quantitative estimate of drug-likeness (QED) is 0.780. The molecule has 0 radical (unpaired) electrons. The molecule has 100 valence electrons. The Morgan fingerprint density at radius 1 is 1.39 bits per heavy atom. The summed E-state index contributed by atoms with van der Waals surface area (Å²) >= 11 is 0. The molecule has 1 atom stereocenters. The van der Waals surface area contributed by atoms with Gasteiger partial charge in [0.2, 0.25) is 5.91 Å². The van der Waals surface area contributed by atoms with Crippen molar-refractivity contribution < 1.29 is 9.90 Å². The van der Waals surface area contributed by atoms with Crippen LogP contribution in [0.25, 0.3) is 0 Å². The summed E-state index contributed by atoms with van der Waals surface area (Å²) in [4.78, 5) is 14.0. The molecule has 0 aliphatic carbocycles. The summed E-state index contributed by atoms with van der Waals surface area (Å²) in [5.41, 5.74) is 7.29. The van der Waals surface area contributed by atoms with Crippen LogP contribution in [0.3, 0.4) is 0 Å². The molecule has 0 fully saturated rings. The van der Waals surface area contributed by atoms with Gasteiger partial charge in [-0.25, -0.2) is 0 Å². The Morgan fingerprint density at radius 2 is 2.06 bits per heavy atom. The van der Waals surface area contributed by atoms with E-state index in [1.807, 2.05) is 39.0 Å². The summed E-state index contributed by atoms with van der Waals surface area (Å²) in [5, 5.41) is 9.02. The van der Waals surface area contributed by atoms with Crippen LogP contribution in [0.1, 0.15) is 32.3 Å². The van der Waals surface area contributed by atoms with Crippen LogP contribution in [0.5, 0.6) is 0 Å². The van der Waals surface area contributed by atoms with Gasteiger partial charge >= 0.3 is 0 Å². The van der Waals surface area contributed by atoms with Crippen molar-refractivity contribution in [2.45, 2.75) is 32.7 Å². The van der Waals surface area contributed by atoms with Gasteiger partial charge in [0, 0.05) is 18.3 Å². The van der Waals surface area contributed by atoms with E-state index in [1.165, 1.54) is 0 Å². The fourth-order valence-electron chi connectivity index (χ4n) is 1.95. The molecule has 0 saturated heterocycles. The first-order chi connectivity index (χ1) is 8.47. The second kappa shape index (κ2) is 6.40. The standard InChI is InChI=1S/C14H22N2O2/c1-10(2)16(7-8-17)14(18)11(3)12-5-4-6-13(15)9-12/h4-6,9-11,17H,7-8,15H2,1-3H3. The second-order valence-electron chi connectivity index (χ2n) is 4.74. The number of hydrogen-bond donors (Lipinski definition) is 2. The predicted molar refractivity (Wildman–Crippen MR) is 73.2 cm³/mol. The predicted octanol–water partition coefficient (Wildman–Crippen LogP) is 1.60. The summed E-state index contributed by atoms with van der Waals surface area (Å²) in [7, 11) is 0. The van der Waals surface area contributed by atoms with Gasteiger partial charge in [0.25, 0.3) is 0 Å². The van der Waals surface area contributed by atoms with E-state index < -0.39 is 0 Å². The number of benzene rings is 1. The van der Waals surface area contributed by atoms with Crippen molar-refractivity contribution >= 4 is 11.6 Å². The number of nitrogen functional groups attached to an aromatic ring is 1. The molecule has 1 amide bonds. The average molecular weight is 250 g/mol. The average Bonchev–Trinajstić information content (AvgIpc) is 2.33. The normalized spacial score (nSPS) is 12.5. The largest absolute Gasteiger partial charge is 0.399 e. The number of aliphatic hydroxyl groups excluding tert-OH is 1. The zero-order valence-electron chi connectivity index (χ0n) is 11.3. The van der Waals surface area contributed by atoms with E-state index in [9.17, 15) is 4.79 Å². The van der Waals surface area contributed by atoms with Crippen LogP contribution >= 0.6 is 0 Å². The lowest BCUT2D eigenvalue weighted by atomic mass is 9.98. The zero-order chi connectivity index (χ0) is 13.7. The zero-order valence-corrected chi connectivity index (χ0v) is 11.3. The molecule has 4 heteroatoms. The number of aliphatic hydroxyl groups is 1. The molecule has 0 aromatic heterocycles. The Morgan fingerprint density at radius 3 is 2.56 bits per heavy atom. The maximum atomic E-state index is 12.4. The lowest BCUT2D eigenvalue weighted by Crippen LogP contribution is -2.41. The molecule has 0 spiro atoms. The van der Waals surface area contributed by atoms with Crippen molar-refractivity contribution in [3.8, 4) is 0 Å². The number of rotatable bonds is 5. The first-order valence-corrected chi connectivity index (χ1v) is 6.24. The van der Waals surface area contributed by atoms with Crippen molar-refractivity contribution in [2.24, 2.45) is 0 Å². The van der Waals surface area contributed by atoms with Gasteiger partial charge in [-0.3, -0.25) is 4.79 Å². The van der Waals surface area contributed by atoms with E-state index in [-0.39, 0.29) is 24.5 Å². The molecule has 1 aromatic carbocycles. The van der Waals surface area contributed by atoms with Crippen LogP contribution < -0.4 is 5.73 Å². The second-order valence-corrected chi connectivity index (χ2v) is 4.74. The van der Waals surface area contributed by atoms with Crippen LogP contribution in [0, 0.1) is 0 Å². The minimum Gasteiger partial charge on any atom is -0.399 e. The number of hydrogen-bond acceptors (Lipinski definition) is 3. The Bertz CT molecular complexity index is 405. The third kappa shape index (κ3) is 3.47. The SMILES string of the molecule is CC(C(=O)N(CCO)C(C)C)c1cccc(N)c1.